The molecule has 2 aromatic carbocycles. The van der Waals surface area contributed by atoms with Gasteiger partial charge in [0.05, 0.1) is 19.3 Å². The second-order valence-electron chi connectivity index (χ2n) is 8.20. The lowest BCUT2D eigenvalue weighted by atomic mass is 9.67. The zero-order chi connectivity index (χ0) is 19.3. The highest BCUT2D eigenvalue weighted by Gasteiger charge is 2.42. The first-order valence-corrected chi connectivity index (χ1v) is 10.1. The Morgan fingerprint density at radius 1 is 1.07 bits per heavy atom. The van der Waals surface area contributed by atoms with Crippen molar-refractivity contribution < 1.29 is 14.8 Å². The fourth-order valence-electron chi connectivity index (χ4n) is 4.29. The summed E-state index contributed by atoms with van der Waals surface area (Å²) in [7, 11) is 1.72. The average molecular weight is 389 g/mol. The second-order valence-corrected chi connectivity index (χ2v) is 8.64. The van der Waals surface area contributed by atoms with Gasteiger partial charge in [0.2, 0.25) is 0 Å². The van der Waals surface area contributed by atoms with Crippen LogP contribution in [0.4, 0.5) is 0 Å². The van der Waals surface area contributed by atoms with Gasteiger partial charge in [-0.1, -0.05) is 35.9 Å². The molecule has 1 atom stereocenters. The molecule has 0 saturated carbocycles. The monoisotopic (exact) mass is 388 g/mol. The highest BCUT2D eigenvalue weighted by Crippen LogP contribution is 2.44. The number of methoxy groups -OCH3 is 1. The molecule has 1 saturated heterocycles. The quantitative estimate of drug-likeness (QED) is 0.716. The van der Waals surface area contributed by atoms with E-state index in [4.69, 9.17) is 21.1 Å². The molecule has 4 heteroatoms. The van der Waals surface area contributed by atoms with E-state index in [1.807, 2.05) is 12.1 Å². The van der Waals surface area contributed by atoms with E-state index >= 15 is 0 Å². The van der Waals surface area contributed by atoms with Gasteiger partial charge in [0, 0.05) is 29.0 Å². The Hall–Kier alpha value is -1.55. The van der Waals surface area contributed by atoms with Gasteiger partial charge in [-0.3, -0.25) is 0 Å². The van der Waals surface area contributed by atoms with Crippen LogP contribution in [0.5, 0.6) is 5.75 Å². The lowest BCUT2D eigenvalue weighted by Crippen LogP contribution is -2.83. The number of quaternary nitrogens is 1. The van der Waals surface area contributed by atoms with Crippen molar-refractivity contribution in [2.24, 2.45) is 0 Å². The molecule has 27 heavy (non-hydrogen) atoms. The molecule has 2 aromatic rings. The van der Waals surface area contributed by atoms with Crippen molar-refractivity contribution >= 4 is 11.6 Å². The minimum Gasteiger partial charge on any atom is -0.497 e. The Kier molecular flexibility index (Phi) is 6.46. The number of ether oxygens (including phenoxy) is 2. The number of hydrogen-bond donors (Lipinski definition) is 1. The number of nitrogens with two attached hydrogens (primary N) is 1. The van der Waals surface area contributed by atoms with E-state index in [1.165, 1.54) is 11.1 Å². The van der Waals surface area contributed by atoms with Gasteiger partial charge in [0.1, 0.15) is 12.3 Å². The lowest BCUT2D eigenvalue weighted by Gasteiger charge is -2.45. The van der Waals surface area contributed by atoms with Gasteiger partial charge >= 0.3 is 0 Å². The van der Waals surface area contributed by atoms with E-state index in [-0.39, 0.29) is 11.0 Å². The van der Waals surface area contributed by atoms with Crippen LogP contribution < -0.4 is 10.1 Å². The molecule has 1 heterocycles. The SMILES string of the molecule is COc1ccc([C@@]2(CC[NH2+]Cc3ccc(Cl)cc3)CCOC(C)(C)C2)cc1. The standard InChI is InChI=1S/C23H30ClNO2/c1-22(2)17-23(13-15-27-22,19-6-10-21(26-3)11-7-19)12-14-25-16-18-4-8-20(24)9-5-18/h4-11,25H,12-17H2,1-3H3/p+1/t23-/m0/s1. The van der Waals surface area contributed by atoms with Gasteiger partial charge in [0.15, 0.2) is 0 Å². The average Bonchev–Trinajstić information content (AvgIpc) is 2.66. The Bertz CT molecular complexity index is 727. The molecule has 0 unspecified atom stereocenters. The van der Waals surface area contributed by atoms with Crippen molar-refractivity contribution in [2.45, 2.75) is 50.7 Å². The summed E-state index contributed by atoms with van der Waals surface area (Å²) in [4.78, 5) is 0. The summed E-state index contributed by atoms with van der Waals surface area (Å²) in [6, 6.07) is 16.8. The summed E-state index contributed by atoms with van der Waals surface area (Å²) in [5.74, 6) is 0.912. The van der Waals surface area contributed by atoms with Gasteiger partial charge in [0.25, 0.3) is 0 Å². The highest BCUT2D eigenvalue weighted by molar-refractivity contribution is 6.30. The molecule has 2 N–H and O–H groups in total. The third kappa shape index (κ3) is 5.25. The molecule has 0 radical (unpaired) electrons. The highest BCUT2D eigenvalue weighted by atomic mass is 35.5. The Morgan fingerprint density at radius 2 is 1.78 bits per heavy atom. The molecule has 1 aliphatic heterocycles. The van der Waals surface area contributed by atoms with Gasteiger partial charge < -0.3 is 14.8 Å². The van der Waals surface area contributed by atoms with Crippen LogP contribution in [0.1, 0.15) is 44.2 Å². The first-order valence-electron chi connectivity index (χ1n) is 9.77. The van der Waals surface area contributed by atoms with E-state index in [1.54, 1.807) is 7.11 Å². The number of rotatable bonds is 7. The van der Waals surface area contributed by atoms with Crippen molar-refractivity contribution in [3.8, 4) is 5.75 Å². The third-order valence-corrected chi connectivity index (χ3v) is 5.91. The first-order chi connectivity index (χ1) is 12.9. The van der Waals surface area contributed by atoms with E-state index in [9.17, 15) is 0 Å². The van der Waals surface area contributed by atoms with Crippen LogP contribution in [-0.4, -0.2) is 25.9 Å². The first kappa shape index (κ1) is 20.2. The van der Waals surface area contributed by atoms with Crippen molar-refractivity contribution in [2.75, 3.05) is 20.3 Å². The van der Waals surface area contributed by atoms with Gasteiger partial charge in [-0.25, -0.2) is 0 Å². The summed E-state index contributed by atoms with van der Waals surface area (Å²) in [6.07, 6.45) is 3.25. The predicted molar refractivity (Wildman–Crippen MR) is 111 cm³/mol. The zero-order valence-electron chi connectivity index (χ0n) is 16.6. The molecule has 0 aliphatic carbocycles. The Labute approximate surface area is 168 Å². The minimum absolute atomic E-state index is 0.0889. The molecule has 3 nitrogen and oxygen atoms in total. The molecular weight excluding hydrogens is 358 g/mol. The summed E-state index contributed by atoms with van der Waals surface area (Å²) in [5.41, 5.74) is 2.78. The maximum Gasteiger partial charge on any atom is 0.118 e. The maximum atomic E-state index is 6.03. The molecule has 0 bridgehead atoms. The van der Waals surface area contributed by atoms with E-state index in [0.717, 1.165) is 49.7 Å². The molecule has 146 valence electrons. The lowest BCUT2D eigenvalue weighted by molar-refractivity contribution is -0.672. The van der Waals surface area contributed by atoms with Crippen molar-refractivity contribution in [3.05, 3.63) is 64.7 Å². The fourth-order valence-corrected chi connectivity index (χ4v) is 4.42. The Morgan fingerprint density at radius 3 is 2.41 bits per heavy atom. The minimum atomic E-state index is -0.0889. The van der Waals surface area contributed by atoms with Gasteiger partial charge in [-0.05, 0) is 56.5 Å². The summed E-state index contributed by atoms with van der Waals surface area (Å²) in [6.45, 7) is 7.31. The molecule has 3 rings (SSSR count). The zero-order valence-corrected chi connectivity index (χ0v) is 17.4. The molecule has 0 amide bonds. The normalized spacial score (nSPS) is 21.8. The number of benzene rings is 2. The molecular formula is C23H31ClNO2+. The number of halogens is 1. The second kappa shape index (κ2) is 8.64. The molecule has 0 spiro atoms. The topological polar surface area (TPSA) is 35.1 Å². The van der Waals surface area contributed by atoms with Crippen molar-refractivity contribution in [1.29, 1.82) is 0 Å². The third-order valence-electron chi connectivity index (χ3n) is 5.66. The smallest absolute Gasteiger partial charge is 0.118 e. The van der Waals surface area contributed by atoms with Gasteiger partial charge in [-0.2, -0.15) is 0 Å². The summed E-state index contributed by atoms with van der Waals surface area (Å²) >= 11 is 5.98. The molecule has 1 fully saturated rings. The summed E-state index contributed by atoms with van der Waals surface area (Å²) in [5, 5.41) is 3.19. The Balaban J connectivity index is 1.69. The van der Waals surface area contributed by atoms with Crippen molar-refractivity contribution in [3.63, 3.8) is 0 Å². The van der Waals surface area contributed by atoms with Crippen LogP contribution in [0.2, 0.25) is 5.02 Å². The summed E-state index contributed by atoms with van der Waals surface area (Å²) < 4.78 is 11.4. The van der Waals surface area contributed by atoms with Crippen LogP contribution in [0.25, 0.3) is 0 Å². The number of hydrogen-bond acceptors (Lipinski definition) is 2. The van der Waals surface area contributed by atoms with Crippen LogP contribution >= 0.6 is 11.6 Å². The molecule has 0 aromatic heterocycles. The van der Waals surface area contributed by atoms with Crippen LogP contribution in [0.15, 0.2) is 48.5 Å². The van der Waals surface area contributed by atoms with Crippen LogP contribution in [-0.2, 0) is 16.7 Å². The predicted octanol–water partition coefficient (Wildman–Crippen LogP) is 4.33. The van der Waals surface area contributed by atoms with Gasteiger partial charge in [-0.15, -0.1) is 0 Å². The van der Waals surface area contributed by atoms with Crippen LogP contribution in [0.3, 0.4) is 0 Å². The largest absolute Gasteiger partial charge is 0.497 e. The van der Waals surface area contributed by atoms with E-state index in [0.29, 0.717) is 0 Å². The molecule has 1 aliphatic rings. The maximum absolute atomic E-state index is 6.03. The van der Waals surface area contributed by atoms with E-state index < -0.39 is 0 Å². The van der Waals surface area contributed by atoms with Crippen LogP contribution in [0, 0.1) is 0 Å². The van der Waals surface area contributed by atoms with Crippen molar-refractivity contribution in [1.82, 2.24) is 0 Å². The fraction of sp³-hybridized carbons (Fsp3) is 0.478. The van der Waals surface area contributed by atoms with E-state index in [2.05, 4.69) is 55.6 Å².